The molecule has 0 saturated heterocycles. The van der Waals surface area contributed by atoms with Gasteiger partial charge in [-0.3, -0.25) is 14.4 Å². The summed E-state index contributed by atoms with van der Waals surface area (Å²) in [5.41, 5.74) is -0.534. The van der Waals surface area contributed by atoms with Gasteiger partial charge in [0.1, 0.15) is 6.61 Å². The number of hydrogen-bond acceptors (Lipinski definition) is 5. The van der Waals surface area contributed by atoms with E-state index in [0.29, 0.717) is 19.3 Å². The molecule has 7 nitrogen and oxygen atoms in total. The number of aliphatic hydroxyl groups excluding tert-OH is 1. The molecule has 152 valence electrons. The lowest BCUT2D eigenvalue weighted by Gasteiger charge is -2.29. The van der Waals surface area contributed by atoms with Crippen molar-refractivity contribution in [2.24, 2.45) is 5.92 Å². The zero-order valence-corrected chi connectivity index (χ0v) is 16.2. The molecular weight excluding hydrogens is 348 g/mol. The summed E-state index contributed by atoms with van der Waals surface area (Å²) in [6.07, 6.45) is 9.71. The first-order chi connectivity index (χ1) is 12.9. The van der Waals surface area contributed by atoms with E-state index in [1.807, 2.05) is 12.2 Å². The Hall–Kier alpha value is -1.89. The number of allylic oxidation sites excluding steroid dienone is 2. The van der Waals surface area contributed by atoms with Gasteiger partial charge in [-0.1, -0.05) is 25.0 Å². The van der Waals surface area contributed by atoms with Crippen molar-refractivity contribution in [3.8, 4) is 0 Å². The van der Waals surface area contributed by atoms with Crippen LogP contribution >= 0.6 is 0 Å². The zero-order valence-electron chi connectivity index (χ0n) is 16.2. The second-order valence-electron chi connectivity index (χ2n) is 7.79. The van der Waals surface area contributed by atoms with E-state index in [2.05, 4.69) is 10.6 Å². The third-order valence-corrected chi connectivity index (χ3v) is 5.29. The number of rotatable bonds is 4. The predicted molar refractivity (Wildman–Crippen MR) is 101 cm³/mol. The fraction of sp³-hybridized carbons (Fsp3) is 0.750. The van der Waals surface area contributed by atoms with Crippen molar-refractivity contribution in [2.45, 2.75) is 76.3 Å². The van der Waals surface area contributed by atoms with Crippen molar-refractivity contribution in [1.82, 2.24) is 10.6 Å². The van der Waals surface area contributed by atoms with Crippen LogP contribution in [-0.4, -0.2) is 47.7 Å². The van der Waals surface area contributed by atoms with Crippen LogP contribution in [-0.2, 0) is 19.1 Å². The molecule has 2 amide bonds. The molecule has 2 atom stereocenters. The second-order valence-corrected chi connectivity index (χ2v) is 7.79. The van der Waals surface area contributed by atoms with Gasteiger partial charge < -0.3 is 20.5 Å². The minimum atomic E-state index is -0.534. The zero-order chi connectivity index (χ0) is 19.7. The minimum absolute atomic E-state index is 0.0715. The first-order valence-electron chi connectivity index (χ1n) is 9.97. The van der Waals surface area contributed by atoms with Crippen LogP contribution in [0.1, 0.15) is 64.7 Å². The van der Waals surface area contributed by atoms with Crippen LogP contribution in [0.5, 0.6) is 0 Å². The van der Waals surface area contributed by atoms with Crippen molar-refractivity contribution >= 4 is 17.8 Å². The molecule has 27 heavy (non-hydrogen) atoms. The summed E-state index contributed by atoms with van der Waals surface area (Å²) >= 11 is 0. The van der Waals surface area contributed by atoms with Crippen LogP contribution < -0.4 is 10.6 Å². The molecule has 0 bridgehead atoms. The van der Waals surface area contributed by atoms with E-state index in [4.69, 9.17) is 4.74 Å². The van der Waals surface area contributed by atoms with Crippen LogP contribution in [0, 0.1) is 5.92 Å². The molecule has 0 aromatic heterocycles. The Kier molecular flexibility index (Phi) is 8.28. The van der Waals surface area contributed by atoms with Gasteiger partial charge in [0.2, 0.25) is 11.8 Å². The van der Waals surface area contributed by atoms with E-state index in [1.54, 1.807) is 6.92 Å². The number of aliphatic hydroxyl groups is 1. The predicted octanol–water partition coefficient (Wildman–Crippen LogP) is 1.59. The number of esters is 1. The van der Waals surface area contributed by atoms with E-state index in [-0.39, 0.29) is 43.5 Å². The molecule has 1 heterocycles. The van der Waals surface area contributed by atoms with Gasteiger partial charge in [0.05, 0.1) is 24.1 Å². The van der Waals surface area contributed by atoms with Gasteiger partial charge >= 0.3 is 5.97 Å². The van der Waals surface area contributed by atoms with Crippen molar-refractivity contribution in [2.75, 3.05) is 13.2 Å². The summed E-state index contributed by atoms with van der Waals surface area (Å²) in [6.45, 7) is 1.83. The highest BCUT2D eigenvalue weighted by Crippen LogP contribution is 2.29. The summed E-state index contributed by atoms with van der Waals surface area (Å²) < 4.78 is 5.16. The standard InChI is InChI=1S/C20H32N2O5/c1-15-13-27-18(25)9-5-3-2-4-8-16(19(26)21-15)12-17(24)22-20(14-23)10-6-7-11-20/h2,4,15-16,23H,3,5-14H2,1H3,(H,21,26)(H,22,24)/t15-,16+/m0/s1. The number of amides is 2. The quantitative estimate of drug-likeness (QED) is 0.507. The average molecular weight is 380 g/mol. The monoisotopic (exact) mass is 380 g/mol. The van der Waals surface area contributed by atoms with Crippen LogP contribution in [0.25, 0.3) is 0 Å². The Morgan fingerprint density at radius 3 is 2.74 bits per heavy atom. The molecule has 1 saturated carbocycles. The highest BCUT2D eigenvalue weighted by molar-refractivity contribution is 5.86. The molecule has 7 heteroatoms. The van der Waals surface area contributed by atoms with Gasteiger partial charge in [-0.05, 0) is 39.0 Å². The van der Waals surface area contributed by atoms with Gasteiger partial charge in [0.15, 0.2) is 0 Å². The van der Waals surface area contributed by atoms with Crippen LogP contribution in [0.2, 0.25) is 0 Å². The molecule has 1 aliphatic heterocycles. The van der Waals surface area contributed by atoms with Gasteiger partial charge in [-0.15, -0.1) is 0 Å². The van der Waals surface area contributed by atoms with Gasteiger partial charge in [-0.2, -0.15) is 0 Å². The van der Waals surface area contributed by atoms with Crippen LogP contribution in [0.15, 0.2) is 12.2 Å². The van der Waals surface area contributed by atoms with E-state index in [9.17, 15) is 19.5 Å². The van der Waals surface area contributed by atoms with Crippen LogP contribution in [0.3, 0.4) is 0 Å². The normalized spacial score (nSPS) is 26.9. The Morgan fingerprint density at radius 1 is 1.30 bits per heavy atom. The largest absolute Gasteiger partial charge is 0.464 e. The fourth-order valence-electron chi connectivity index (χ4n) is 3.66. The molecule has 0 aromatic carbocycles. The maximum atomic E-state index is 12.6. The Balaban J connectivity index is 1.98. The third kappa shape index (κ3) is 6.97. The summed E-state index contributed by atoms with van der Waals surface area (Å²) in [6, 6.07) is -0.310. The maximum Gasteiger partial charge on any atom is 0.305 e. The lowest BCUT2D eigenvalue weighted by atomic mass is 9.95. The number of carbonyl (C=O) groups is 3. The Labute approximate surface area is 160 Å². The van der Waals surface area contributed by atoms with E-state index >= 15 is 0 Å². The first-order valence-corrected chi connectivity index (χ1v) is 9.97. The number of ether oxygens (including phenoxy) is 1. The molecule has 0 spiro atoms. The van der Waals surface area contributed by atoms with Crippen LogP contribution in [0.4, 0.5) is 0 Å². The van der Waals surface area contributed by atoms with Crippen molar-refractivity contribution in [3.05, 3.63) is 12.2 Å². The smallest absolute Gasteiger partial charge is 0.305 e. The van der Waals surface area contributed by atoms with Gasteiger partial charge in [0.25, 0.3) is 0 Å². The van der Waals surface area contributed by atoms with Gasteiger partial charge in [0, 0.05) is 12.8 Å². The average Bonchev–Trinajstić information content (AvgIpc) is 3.10. The van der Waals surface area contributed by atoms with Crippen molar-refractivity contribution < 1.29 is 24.2 Å². The van der Waals surface area contributed by atoms with E-state index in [0.717, 1.165) is 32.1 Å². The maximum absolute atomic E-state index is 12.6. The molecule has 0 unspecified atom stereocenters. The molecule has 2 rings (SSSR count). The number of nitrogens with one attached hydrogen (secondary N) is 2. The Morgan fingerprint density at radius 2 is 2.04 bits per heavy atom. The molecule has 3 N–H and O–H groups in total. The molecule has 0 aromatic rings. The SMILES string of the molecule is C[C@H]1COC(=O)CCCC=CC[C@H](CC(=O)NC2(CO)CCCC2)C(=O)N1. The van der Waals surface area contributed by atoms with Crippen molar-refractivity contribution in [1.29, 1.82) is 0 Å². The lowest BCUT2D eigenvalue weighted by molar-refractivity contribution is -0.145. The molecular formula is C20H32N2O5. The second kappa shape index (κ2) is 10.4. The first kappa shape index (κ1) is 21.4. The minimum Gasteiger partial charge on any atom is -0.464 e. The number of cyclic esters (lactones) is 1. The highest BCUT2D eigenvalue weighted by atomic mass is 16.5. The summed E-state index contributed by atoms with van der Waals surface area (Å²) in [4.78, 5) is 36.8. The van der Waals surface area contributed by atoms with E-state index in [1.165, 1.54) is 0 Å². The Bertz CT molecular complexity index is 555. The van der Waals surface area contributed by atoms with Crippen molar-refractivity contribution in [3.63, 3.8) is 0 Å². The number of hydrogen-bond donors (Lipinski definition) is 3. The van der Waals surface area contributed by atoms with E-state index < -0.39 is 11.5 Å². The number of carbonyl (C=O) groups excluding carboxylic acids is 3. The lowest BCUT2D eigenvalue weighted by Crippen LogP contribution is -2.50. The topological polar surface area (TPSA) is 105 Å². The summed E-state index contributed by atoms with van der Waals surface area (Å²) in [5.74, 6) is -1.17. The molecule has 0 radical (unpaired) electrons. The summed E-state index contributed by atoms with van der Waals surface area (Å²) in [5, 5.41) is 15.5. The highest BCUT2D eigenvalue weighted by Gasteiger charge is 2.35. The molecule has 2 aliphatic rings. The summed E-state index contributed by atoms with van der Waals surface area (Å²) in [7, 11) is 0. The molecule has 1 fully saturated rings. The third-order valence-electron chi connectivity index (χ3n) is 5.29. The van der Waals surface area contributed by atoms with Gasteiger partial charge in [-0.25, -0.2) is 0 Å². The molecule has 1 aliphatic carbocycles. The fourth-order valence-corrected chi connectivity index (χ4v) is 3.66.